The van der Waals surface area contributed by atoms with Crippen LogP contribution in [0.1, 0.15) is 60.8 Å². The summed E-state index contributed by atoms with van der Waals surface area (Å²) in [6.45, 7) is 12.5. The van der Waals surface area contributed by atoms with E-state index < -0.39 is 88.0 Å². The van der Waals surface area contributed by atoms with Crippen LogP contribution < -0.4 is 0 Å². The second-order valence-electron chi connectivity index (χ2n) is 11.6. The predicted molar refractivity (Wildman–Crippen MR) is 130 cm³/mol. The molecule has 37 heavy (non-hydrogen) atoms. The number of ether oxygens (including phenoxy) is 4. The summed E-state index contributed by atoms with van der Waals surface area (Å²) in [5.74, 6) is -4.50. The summed E-state index contributed by atoms with van der Waals surface area (Å²) in [5.41, 5.74) is -7.84. The molecule has 3 fully saturated rings. The average Bonchev–Trinajstić information content (AvgIpc) is 2.80. The van der Waals surface area contributed by atoms with Crippen molar-refractivity contribution in [1.29, 1.82) is 0 Å². The lowest BCUT2D eigenvalue weighted by Gasteiger charge is -2.71. The van der Waals surface area contributed by atoms with Crippen molar-refractivity contribution in [1.82, 2.24) is 0 Å². The summed E-state index contributed by atoms with van der Waals surface area (Å²) in [6, 6.07) is 0. The first-order chi connectivity index (χ1) is 16.9. The van der Waals surface area contributed by atoms with Gasteiger partial charge in [-0.3, -0.25) is 14.4 Å². The third-order valence-corrected chi connectivity index (χ3v) is 8.94. The first kappa shape index (κ1) is 29.5. The molecule has 3 aliphatic rings. The molecule has 1 aliphatic heterocycles. The fourth-order valence-electron chi connectivity index (χ4n) is 7.11. The van der Waals surface area contributed by atoms with Crippen LogP contribution in [-0.2, 0) is 38.1 Å². The average molecular weight is 545 g/mol. The Kier molecular flexibility index (Phi) is 7.69. The van der Waals surface area contributed by atoms with E-state index in [1.165, 1.54) is 13.0 Å². The predicted octanol–water partition coefficient (Wildman–Crippen LogP) is 1.85. The molecule has 0 amide bonds. The number of Topliss-reactive ketones (excluding diaryl/α,β-unsaturated/α-hetero) is 1. The Morgan fingerprint density at radius 3 is 2.32 bits per heavy atom. The molecule has 0 aromatic carbocycles. The lowest BCUT2D eigenvalue weighted by molar-refractivity contribution is -0.371. The molecule has 3 rings (SSSR count). The van der Waals surface area contributed by atoms with E-state index in [-0.39, 0.29) is 12.8 Å². The molecule has 0 bridgehead atoms. The lowest BCUT2D eigenvalue weighted by atomic mass is 9.39. The number of ketones is 1. The van der Waals surface area contributed by atoms with Crippen LogP contribution in [0.15, 0.2) is 12.7 Å². The van der Waals surface area contributed by atoms with Gasteiger partial charge in [0.25, 0.3) is 0 Å². The lowest BCUT2D eigenvalue weighted by Crippen LogP contribution is -2.87. The molecule has 2 aliphatic carbocycles. The molecular weight excluding hydrogens is 508 g/mol. The van der Waals surface area contributed by atoms with Crippen LogP contribution >= 0.6 is 11.6 Å². The molecule has 0 unspecified atom stereocenters. The summed E-state index contributed by atoms with van der Waals surface area (Å²) in [6.07, 6.45) is -2.03. The molecular formula is C26H37ClO10. The first-order valence-electron chi connectivity index (χ1n) is 12.3. The number of aliphatic hydroxyl groups excluding tert-OH is 1. The zero-order chi connectivity index (χ0) is 28.2. The highest BCUT2D eigenvalue weighted by molar-refractivity contribution is 6.26. The molecule has 0 radical (unpaired) electrons. The maximum absolute atomic E-state index is 13.9. The molecule has 0 aromatic rings. The van der Waals surface area contributed by atoms with E-state index in [9.17, 15) is 29.4 Å². The van der Waals surface area contributed by atoms with Crippen LogP contribution in [0.4, 0.5) is 0 Å². The van der Waals surface area contributed by atoms with Crippen molar-refractivity contribution in [3.8, 4) is 0 Å². The van der Waals surface area contributed by atoms with Gasteiger partial charge in [-0.25, -0.2) is 4.79 Å². The van der Waals surface area contributed by atoms with Gasteiger partial charge < -0.3 is 29.2 Å². The quantitative estimate of drug-likeness (QED) is 0.220. The fourth-order valence-corrected chi connectivity index (χ4v) is 7.18. The first-order valence-corrected chi connectivity index (χ1v) is 12.8. The number of carbonyl (C=O) groups excluding carboxylic acids is 4. The Bertz CT molecular complexity index is 996. The minimum absolute atomic E-state index is 0.232. The minimum atomic E-state index is -2.33. The Morgan fingerprint density at radius 1 is 1.16 bits per heavy atom. The number of halogens is 1. The van der Waals surface area contributed by atoms with Gasteiger partial charge in [-0.15, -0.1) is 18.2 Å². The summed E-state index contributed by atoms with van der Waals surface area (Å²) >= 11 is 5.44. The van der Waals surface area contributed by atoms with E-state index in [1.54, 1.807) is 13.8 Å². The van der Waals surface area contributed by atoms with Gasteiger partial charge in [-0.1, -0.05) is 26.8 Å². The van der Waals surface area contributed by atoms with Crippen LogP contribution in [0.25, 0.3) is 0 Å². The highest BCUT2D eigenvalue weighted by Gasteiger charge is 2.82. The Hall–Kier alpha value is -2.01. The van der Waals surface area contributed by atoms with Crippen molar-refractivity contribution >= 4 is 35.3 Å². The van der Waals surface area contributed by atoms with Crippen molar-refractivity contribution < 1.29 is 48.3 Å². The van der Waals surface area contributed by atoms with E-state index in [0.717, 1.165) is 6.92 Å². The van der Waals surface area contributed by atoms with Gasteiger partial charge in [0.15, 0.2) is 24.1 Å². The number of alkyl halides is 1. The zero-order valence-electron chi connectivity index (χ0n) is 22.2. The van der Waals surface area contributed by atoms with Gasteiger partial charge in [-0.2, -0.15) is 0 Å². The normalized spacial score (nSPS) is 42.6. The highest BCUT2D eigenvalue weighted by Crippen LogP contribution is 2.67. The topological polar surface area (TPSA) is 146 Å². The SMILES string of the molecule is C=C[C@@]1(C)CC(=O)[C@]2(O)[C@@]3(C)[C@@H](O)CCC(C)(C)[C@@H]3[C@H](OC(=O)COC(=O)CCl)[C@H](OC(C)=O)[C@@]2(C)O1. The van der Waals surface area contributed by atoms with E-state index in [1.807, 2.05) is 13.8 Å². The Balaban J connectivity index is 2.26. The number of hydrogen-bond acceptors (Lipinski definition) is 10. The molecule has 1 saturated heterocycles. The van der Waals surface area contributed by atoms with Crippen LogP contribution in [0.2, 0.25) is 0 Å². The number of fused-ring (bicyclic) bond motifs is 3. The molecule has 0 spiro atoms. The van der Waals surface area contributed by atoms with E-state index >= 15 is 0 Å². The molecule has 2 N–H and O–H groups in total. The number of aliphatic hydroxyl groups is 2. The van der Waals surface area contributed by atoms with Crippen LogP contribution in [0, 0.1) is 16.7 Å². The van der Waals surface area contributed by atoms with Crippen molar-refractivity contribution in [2.24, 2.45) is 16.7 Å². The summed E-state index contributed by atoms with van der Waals surface area (Å²) in [5, 5.41) is 23.9. The molecule has 11 heteroatoms. The van der Waals surface area contributed by atoms with Crippen LogP contribution in [0.3, 0.4) is 0 Å². The monoisotopic (exact) mass is 544 g/mol. The highest BCUT2D eigenvalue weighted by atomic mass is 35.5. The third-order valence-electron chi connectivity index (χ3n) is 8.72. The molecule has 1 heterocycles. The number of esters is 3. The van der Waals surface area contributed by atoms with Crippen molar-refractivity contribution in [2.45, 2.75) is 95.9 Å². The smallest absolute Gasteiger partial charge is 0.344 e. The number of rotatable bonds is 6. The van der Waals surface area contributed by atoms with Gasteiger partial charge in [0, 0.05) is 24.7 Å². The summed E-state index contributed by atoms with van der Waals surface area (Å²) in [7, 11) is 0. The number of hydrogen-bond donors (Lipinski definition) is 2. The van der Waals surface area contributed by atoms with Crippen LogP contribution in [-0.4, -0.2) is 81.5 Å². The van der Waals surface area contributed by atoms with E-state index in [0.29, 0.717) is 6.42 Å². The molecule has 8 atom stereocenters. The van der Waals surface area contributed by atoms with Gasteiger partial charge in [0.1, 0.15) is 17.6 Å². The minimum Gasteiger partial charge on any atom is -0.455 e. The molecule has 0 aromatic heterocycles. The Morgan fingerprint density at radius 2 is 1.78 bits per heavy atom. The van der Waals surface area contributed by atoms with Crippen LogP contribution in [0.5, 0.6) is 0 Å². The Labute approximate surface area is 221 Å². The number of carbonyl (C=O) groups is 4. The second-order valence-corrected chi connectivity index (χ2v) is 11.9. The van der Waals surface area contributed by atoms with Gasteiger partial charge in [0.2, 0.25) is 0 Å². The van der Waals surface area contributed by atoms with Gasteiger partial charge in [0.05, 0.1) is 11.7 Å². The fraction of sp³-hybridized carbons (Fsp3) is 0.769. The molecule has 10 nitrogen and oxygen atoms in total. The van der Waals surface area contributed by atoms with Gasteiger partial charge >= 0.3 is 17.9 Å². The third kappa shape index (κ3) is 4.39. The molecule has 2 saturated carbocycles. The largest absolute Gasteiger partial charge is 0.455 e. The molecule has 208 valence electrons. The van der Waals surface area contributed by atoms with E-state index in [4.69, 9.17) is 30.5 Å². The maximum atomic E-state index is 13.9. The van der Waals surface area contributed by atoms with Crippen molar-refractivity contribution in [2.75, 3.05) is 12.5 Å². The van der Waals surface area contributed by atoms with E-state index in [2.05, 4.69) is 6.58 Å². The summed E-state index contributed by atoms with van der Waals surface area (Å²) in [4.78, 5) is 50.7. The zero-order valence-corrected chi connectivity index (χ0v) is 22.9. The maximum Gasteiger partial charge on any atom is 0.344 e. The van der Waals surface area contributed by atoms with Crippen molar-refractivity contribution in [3.05, 3.63) is 12.7 Å². The summed E-state index contributed by atoms with van der Waals surface area (Å²) < 4.78 is 22.7. The standard InChI is InChI=1S/C26H37ClO10/c1-8-23(5)11-16(30)26(33)24(6)15(29)9-10-22(3,4)20(24)19(36-18(32)13-34-17(31)12-27)21(35-14(2)28)25(26,7)37-23/h8,15,19-21,29,33H,1,9-13H2,2-7H3/t15-,19-,20-,21-,23-,24-,25+,26-/m0/s1. The second kappa shape index (κ2) is 9.63. The van der Waals surface area contributed by atoms with Gasteiger partial charge in [-0.05, 0) is 32.1 Å². The van der Waals surface area contributed by atoms with Crippen molar-refractivity contribution in [3.63, 3.8) is 0 Å².